The van der Waals surface area contributed by atoms with Gasteiger partial charge in [-0.25, -0.2) is 13.8 Å². The Hall–Kier alpha value is -4.72. The van der Waals surface area contributed by atoms with Gasteiger partial charge in [-0.15, -0.1) is 0 Å². The number of ether oxygens (including phenoxy) is 1. The standard InChI is InChI=1S/C27H21FN6O/c1-35-22-13-9-19(10-14-22)26-23(16-33(32-26)21-5-3-2-4-6-21)25-15-24(18-7-11-20(28)12-8-18)31-27-29-17-30-34(25)27/h2-17,25H,1H3,(H,29,30,31). The highest BCUT2D eigenvalue weighted by Gasteiger charge is 2.28. The van der Waals surface area contributed by atoms with Gasteiger partial charge in [0.05, 0.1) is 18.5 Å². The quantitative estimate of drug-likeness (QED) is 0.381. The van der Waals surface area contributed by atoms with Crippen LogP contribution < -0.4 is 10.1 Å². The summed E-state index contributed by atoms with van der Waals surface area (Å²) in [6.07, 6.45) is 5.61. The van der Waals surface area contributed by atoms with Crippen LogP contribution in [-0.2, 0) is 0 Å². The van der Waals surface area contributed by atoms with E-state index >= 15 is 0 Å². The van der Waals surface area contributed by atoms with Crippen molar-refractivity contribution in [1.29, 1.82) is 0 Å². The molecule has 0 radical (unpaired) electrons. The van der Waals surface area contributed by atoms with Crippen molar-refractivity contribution >= 4 is 11.6 Å². The second-order valence-corrected chi connectivity index (χ2v) is 8.13. The molecule has 0 saturated heterocycles. The monoisotopic (exact) mass is 464 g/mol. The number of fused-ring (bicyclic) bond motifs is 1. The highest BCUT2D eigenvalue weighted by Crippen LogP contribution is 2.37. The third-order valence-electron chi connectivity index (χ3n) is 6.01. The first kappa shape index (κ1) is 20.9. The van der Waals surface area contributed by atoms with Crippen LogP contribution in [0.25, 0.3) is 22.6 Å². The molecule has 1 N–H and O–H groups in total. The molecule has 172 valence electrons. The molecule has 35 heavy (non-hydrogen) atoms. The van der Waals surface area contributed by atoms with E-state index in [0.717, 1.165) is 39.5 Å². The highest BCUT2D eigenvalue weighted by molar-refractivity contribution is 5.78. The molecule has 1 aliphatic heterocycles. The van der Waals surface area contributed by atoms with E-state index in [0.29, 0.717) is 5.95 Å². The molecule has 1 unspecified atom stereocenters. The van der Waals surface area contributed by atoms with Crippen molar-refractivity contribution in [2.24, 2.45) is 0 Å². The number of para-hydroxylation sites is 1. The predicted molar refractivity (Wildman–Crippen MR) is 132 cm³/mol. The number of hydrogen-bond donors (Lipinski definition) is 1. The molecule has 0 saturated carbocycles. The fourth-order valence-corrected chi connectivity index (χ4v) is 4.24. The van der Waals surface area contributed by atoms with Gasteiger partial charge in [-0.05, 0) is 72.3 Å². The van der Waals surface area contributed by atoms with E-state index in [2.05, 4.69) is 21.5 Å². The number of methoxy groups -OCH3 is 1. The molecule has 0 amide bonds. The summed E-state index contributed by atoms with van der Waals surface area (Å²) in [6.45, 7) is 0. The minimum atomic E-state index is -0.289. The van der Waals surface area contributed by atoms with E-state index in [1.54, 1.807) is 19.2 Å². The number of nitrogens with one attached hydrogen (secondary N) is 1. The molecular weight excluding hydrogens is 443 g/mol. The van der Waals surface area contributed by atoms with Gasteiger partial charge in [-0.1, -0.05) is 18.2 Å². The summed E-state index contributed by atoms with van der Waals surface area (Å²) in [4.78, 5) is 4.40. The molecule has 0 spiro atoms. The van der Waals surface area contributed by atoms with Crippen molar-refractivity contribution < 1.29 is 9.13 Å². The van der Waals surface area contributed by atoms with Crippen LogP contribution in [0.1, 0.15) is 17.2 Å². The van der Waals surface area contributed by atoms with Crippen LogP contribution in [0.2, 0.25) is 0 Å². The first-order valence-corrected chi connectivity index (χ1v) is 11.1. The van der Waals surface area contributed by atoms with Crippen molar-refractivity contribution in [2.75, 3.05) is 12.4 Å². The maximum absolute atomic E-state index is 13.6. The minimum absolute atomic E-state index is 0.282. The highest BCUT2D eigenvalue weighted by atomic mass is 19.1. The number of hydrogen-bond acceptors (Lipinski definition) is 5. The number of rotatable bonds is 5. The maximum atomic E-state index is 13.6. The average Bonchev–Trinajstić information content (AvgIpc) is 3.57. The lowest BCUT2D eigenvalue weighted by atomic mass is 9.99. The second-order valence-electron chi connectivity index (χ2n) is 8.13. The van der Waals surface area contributed by atoms with Gasteiger partial charge >= 0.3 is 0 Å². The average molecular weight is 465 g/mol. The Morgan fingerprint density at radius 3 is 2.40 bits per heavy atom. The van der Waals surface area contributed by atoms with Crippen LogP contribution in [-0.4, -0.2) is 31.7 Å². The third-order valence-corrected chi connectivity index (χ3v) is 6.01. The zero-order valence-corrected chi connectivity index (χ0v) is 18.8. The molecule has 1 aliphatic rings. The van der Waals surface area contributed by atoms with Crippen LogP contribution >= 0.6 is 0 Å². The fourth-order valence-electron chi connectivity index (χ4n) is 4.24. The molecule has 0 fully saturated rings. The Kier molecular flexibility index (Phi) is 5.11. The van der Waals surface area contributed by atoms with Gasteiger partial charge in [0.15, 0.2) is 0 Å². The molecule has 1 atom stereocenters. The molecule has 7 nitrogen and oxygen atoms in total. The molecule has 0 aliphatic carbocycles. The Morgan fingerprint density at radius 2 is 1.66 bits per heavy atom. The summed E-state index contributed by atoms with van der Waals surface area (Å²) in [5.74, 6) is 1.09. The van der Waals surface area contributed by atoms with Crippen molar-refractivity contribution in [3.8, 4) is 22.7 Å². The van der Waals surface area contributed by atoms with E-state index in [-0.39, 0.29) is 11.9 Å². The topological polar surface area (TPSA) is 69.8 Å². The summed E-state index contributed by atoms with van der Waals surface area (Å²) in [6, 6.07) is 23.9. The van der Waals surface area contributed by atoms with Gasteiger partial charge < -0.3 is 10.1 Å². The van der Waals surface area contributed by atoms with Crippen LogP contribution in [0.3, 0.4) is 0 Å². The van der Waals surface area contributed by atoms with Crippen LogP contribution in [0.4, 0.5) is 10.3 Å². The number of anilines is 1. The van der Waals surface area contributed by atoms with Gasteiger partial charge in [-0.3, -0.25) is 0 Å². The Bertz CT molecular complexity index is 1500. The van der Waals surface area contributed by atoms with Gasteiger partial charge in [0.1, 0.15) is 23.9 Å². The van der Waals surface area contributed by atoms with Crippen molar-refractivity contribution in [2.45, 2.75) is 6.04 Å². The van der Waals surface area contributed by atoms with E-state index in [1.165, 1.54) is 18.5 Å². The second kappa shape index (κ2) is 8.57. The lowest BCUT2D eigenvalue weighted by Gasteiger charge is -2.24. The summed E-state index contributed by atoms with van der Waals surface area (Å²) >= 11 is 0. The first-order valence-electron chi connectivity index (χ1n) is 11.1. The van der Waals surface area contributed by atoms with Crippen molar-refractivity contribution in [1.82, 2.24) is 24.5 Å². The molecule has 2 aromatic heterocycles. The number of aromatic nitrogens is 5. The molecule has 0 bridgehead atoms. The summed E-state index contributed by atoms with van der Waals surface area (Å²) < 4.78 is 22.6. The number of nitrogens with zero attached hydrogens (tertiary/aromatic N) is 5. The van der Waals surface area contributed by atoms with Crippen LogP contribution in [0.15, 0.2) is 97.5 Å². The molecule has 5 aromatic rings. The summed E-state index contributed by atoms with van der Waals surface area (Å²) in [7, 11) is 1.65. The van der Waals surface area contributed by atoms with E-state index < -0.39 is 0 Å². The van der Waals surface area contributed by atoms with E-state index in [9.17, 15) is 4.39 Å². The van der Waals surface area contributed by atoms with Crippen LogP contribution in [0, 0.1) is 5.82 Å². The molecule has 3 heterocycles. The smallest absolute Gasteiger partial charge is 0.226 e. The number of benzene rings is 3. The zero-order valence-electron chi connectivity index (χ0n) is 18.8. The Morgan fingerprint density at radius 1 is 0.914 bits per heavy atom. The van der Waals surface area contributed by atoms with Gasteiger partial charge in [-0.2, -0.15) is 15.2 Å². The largest absolute Gasteiger partial charge is 0.497 e. The van der Waals surface area contributed by atoms with Gasteiger partial charge in [0, 0.05) is 23.0 Å². The number of allylic oxidation sites excluding steroid dienone is 1. The maximum Gasteiger partial charge on any atom is 0.226 e. The Balaban J connectivity index is 1.53. The fraction of sp³-hybridized carbons (Fsp3) is 0.0741. The molecule has 8 heteroatoms. The summed E-state index contributed by atoms with van der Waals surface area (Å²) in [5.41, 5.74) is 5.35. The van der Waals surface area contributed by atoms with Gasteiger partial charge in [0.25, 0.3) is 0 Å². The number of halogens is 1. The first-order chi connectivity index (χ1) is 17.2. The van der Waals surface area contributed by atoms with Gasteiger partial charge in [0.2, 0.25) is 5.95 Å². The summed E-state index contributed by atoms with van der Waals surface area (Å²) in [5, 5.41) is 12.8. The van der Waals surface area contributed by atoms with E-state index in [1.807, 2.05) is 70.2 Å². The molecule has 6 rings (SSSR count). The Labute approximate surface area is 201 Å². The van der Waals surface area contributed by atoms with Crippen LogP contribution in [0.5, 0.6) is 5.75 Å². The third kappa shape index (κ3) is 3.85. The lowest BCUT2D eigenvalue weighted by molar-refractivity contribution is 0.415. The van der Waals surface area contributed by atoms with Crippen molar-refractivity contribution in [3.63, 3.8) is 0 Å². The molecular formula is C27H21FN6O. The SMILES string of the molecule is COc1ccc(-c2nn(-c3ccccc3)cc2C2C=C(c3ccc(F)cc3)Nc3ncnn32)cc1. The van der Waals surface area contributed by atoms with E-state index in [4.69, 9.17) is 9.84 Å². The molecule has 3 aromatic carbocycles. The lowest BCUT2D eigenvalue weighted by Crippen LogP contribution is -2.20. The predicted octanol–water partition coefficient (Wildman–Crippen LogP) is 5.33. The normalized spacial score (nSPS) is 14.7. The minimum Gasteiger partial charge on any atom is -0.497 e. The zero-order chi connectivity index (χ0) is 23.8. The van der Waals surface area contributed by atoms with Crippen molar-refractivity contribution in [3.05, 3.63) is 114 Å².